The molecule has 3 aromatic rings. The van der Waals surface area contributed by atoms with Gasteiger partial charge in [0.15, 0.2) is 0 Å². The molecule has 6 nitrogen and oxygen atoms in total. The Morgan fingerprint density at radius 3 is 2.38 bits per heavy atom. The number of nitrogens with one attached hydrogen (secondary N) is 1. The number of nitrogens with zero attached hydrogens (tertiary/aromatic N) is 3. The zero-order chi connectivity index (χ0) is 18.5. The largest absolute Gasteiger partial charge is 0.478 e. The van der Waals surface area contributed by atoms with Crippen LogP contribution in [-0.2, 0) is 0 Å². The van der Waals surface area contributed by atoms with Crippen LogP contribution >= 0.6 is 0 Å². The first-order chi connectivity index (χ1) is 12.6. The molecule has 0 aliphatic rings. The quantitative estimate of drug-likeness (QED) is 0.688. The number of carbonyl (C=O) groups is 1. The number of para-hydroxylation sites is 1. The van der Waals surface area contributed by atoms with Crippen LogP contribution in [-0.4, -0.2) is 27.6 Å². The highest BCUT2D eigenvalue weighted by Crippen LogP contribution is 2.26. The number of aromatic nitrogens is 2. The van der Waals surface area contributed by atoms with E-state index < -0.39 is 5.97 Å². The Labute approximate surface area is 152 Å². The number of anilines is 4. The standard InChI is InChI=1S/C20H20N4O2/c1-3-24(17-7-5-4-6-8-17)19-13-18(21-14(2)22-19)23-16-11-9-15(10-12-16)20(25)26/h4-13H,3H2,1-2H3,(H,25,26)(H,21,22,23). The van der Waals surface area contributed by atoms with Crippen molar-refractivity contribution in [3.63, 3.8) is 0 Å². The number of carboxylic acids is 1. The minimum atomic E-state index is -0.946. The molecule has 1 aromatic heterocycles. The van der Waals surface area contributed by atoms with Crippen molar-refractivity contribution in [2.24, 2.45) is 0 Å². The molecule has 26 heavy (non-hydrogen) atoms. The van der Waals surface area contributed by atoms with Gasteiger partial charge >= 0.3 is 5.97 Å². The maximum atomic E-state index is 11.0. The molecule has 0 bridgehead atoms. The molecule has 0 spiro atoms. The predicted molar refractivity (Wildman–Crippen MR) is 103 cm³/mol. The van der Waals surface area contributed by atoms with E-state index in [2.05, 4.69) is 27.1 Å². The van der Waals surface area contributed by atoms with Gasteiger partial charge < -0.3 is 15.3 Å². The fourth-order valence-electron chi connectivity index (χ4n) is 2.68. The Balaban J connectivity index is 1.88. The fraction of sp³-hybridized carbons (Fsp3) is 0.150. The predicted octanol–water partition coefficient (Wildman–Crippen LogP) is 4.38. The van der Waals surface area contributed by atoms with E-state index >= 15 is 0 Å². The van der Waals surface area contributed by atoms with Gasteiger partial charge in [0, 0.05) is 24.0 Å². The first-order valence-corrected chi connectivity index (χ1v) is 8.35. The summed E-state index contributed by atoms with van der Waals surface area (Å²) in [4.78, 5) is 22.0. The molecule has 0 fully saturated rings. The van der Waals surface area contributed by atoms with E-state index in [0.717, 1.165) is 23.7 Å². The molecular formula is C20H20N4O2. The monoisotopic (exact) mass is 348 g/mol. The van der Waals surface area contributed by atoms with E-state index in [1.54, 1.807) is 24.3 Å². The number of hydrogen-bond donors (Lipinski definition) is 2. The van der Waals surface area contributed by atoms with Crippen LogP contribution in [0.1, 0.15) is 23.1 Å². The highest BCUT2D eigenvalue weighted by atomic mass is 16.4. The SMILES string of the molecule is CCN(c1ccccc1)c1cc(Nc2ccc(C(=O)O)cc2)nc(C)n1. The van der Waals surface area contributed by atoms with Gasteiger partial charge in [-0.05, 0) is 50.2 Å². The van der Waals surface area contributed by atoms with Crippen LogP contribution in [0.3, 0.4) is 0 Å². The smallest absolute Gasteiger partial charge is 0.335 e. The summed E-state index contributed by atoms with van der Waals surface area (Å²) in [6.07, 6.45) is 0. The van der Waals surface area contributed by atoms with Crippen LogP contribution in [0.5, 0.6) is 0 Å². The highest BCUT2D eigenvalue weighted by molar-refractivity contribution is 5.88. The Morgan fingerprint density at radius 2 is 1.77 bits per heavy atom. The first kappa shape index (κ1) is 17.4. The maximum Gasteiger partial charge on any atom is 0.335 e. The van der Waals surface area contributed by atoms with E-state index in [9.17, 15) is 4.79 Å². The average molecular weight is 348 g/mol. The lowest BCUT2D eigenvalue weighted by atomic mass is 10.2. The van der Waals surface area contributed by atoms with E-state index in [1.807, 2.05) is 43.3 Å². The van der Waals surface area contributed by atoms with Gasteiger partial charge in [-0.1, -0.05) is 18.2 Å². The van der Waals surface area contributed by atoms with Gasteiger partial charge in [-0.15, -0.1) is 0 Å². The summed E-state index contributed by atoms with van der Waals surface area (Å²) in [7, 11) is 0. The molecule has 0 aliphatic carbocycles. The van der Waals surface area contributed by atoms with Crippen molar-refractivity contribution in [2.75, 3.05) is 16.8 Å². The molecule has 2 aromatic carbocycles. The molecule has 0 saturated carbocycles. The number of benzene rings is 2. The summed E-state index contributed by atoms with van der Waals surface area (Å²) >= 11 is 0. The van der Waals surface area contributed by atoms with Gasteiger partial charge in [-0.25, -0.2) is 14.8 Å². The number of aromatic carboxylic acids is 1. The zero-order valence-corrected chi connectivity index (χ0v) is 14.7. The van der Waals surface area contributed by atoms with Crippen LogP contribution in [0.25, 0.3) is 0 Å². The topological polar surface area (TPSA) is 78.4 Å². The molecule has 0 radical (unpaired) electrons. The highest BCUT2D eigenvalue weighted by Gasteiger charge is 2.11. The second kappa shape index (κ2) is 7.65. The minimum Gasteiger partial charge on any atom is -0.478 e. The first-order valence-electron chi connectivity index (χ1n) is 8.35. The summed E-state index contributed by atoms with van der Waals surface area (Å²) in [5.74, 6) is 1.17. The Kier molecular flexibility index (Phi) is 5.12. The van der Waals surface area contributed by atoms with Gasteiger partial charge in [0.1, 0.15) is 17.5 Å². The van der Waals surface area contributed by atoms with Crippen LogP contribution in [0, 0.1) is 6.92 Å². The summed E-state index contributed by atoms with van der Waals surface area (Å²) in [5, 5.41) is 12.2. The minimum absolute atomic E-state index is 0.247. The number of carboxylic acid groups (broad SMARTS) is 1. The van der Waals surface area contributed by atoms with Crippen LogP contribution in [0.2, 0.25) is 0 Å². The number of rotatable bonds is 6. The summed E-state index contributed by atoms with van der Waals surface area (Å²) in [5.41, 5.74) is 2.07. The van der Waals surface area contributed by atoms with Gasteiger partial charge in [0.25, 0.3) is 0 Å². The second-order valence-corrected chi connectivity index (χ2v) is 5.75. The summed E-state index contributed by atoms with van der Waals surface area (Å²) in [6.45, 7) is 4.69. The third-order valence-corrected chi connectivity index (χ3v) is 3.89. The molecule has 0 aliphatic heterocycles. The second-order valence-electron chi connectivity index (χ2n) is 5.75. The van der Waals surface area contributed by atoms with Crippen LogP contribution < -0.4 is 10.2 Å². The number of hydrogen-bond acceptors (Lipinski definition) is 5. The van der Waals surface area contributed by atoms with Crippen molar-refractivity contribution in [2.45, 2.75) is 13.8 Å². The molecule has 3 rings (SSSR count). The molecule has 1 heterocycles. The lowest BCUT2D eigenvalue weighted by Crippen LogP contribution is -2.18. The van der Waals surface area contributed by atoms with Gasteiger partial charge in [0.05, 0.1) is 5.56 Å². The molecule has 0 saturated heterocycles. The molecule has 6 heteroatoms. The van der Waals surface area contributed by atoms with Crippen molar-refractivity contribution in [1.29, 1.82) is 0 Å². The maximum absolute atomic E-state index is 11.0. The van der Waals surface area contributed by atoms with Gasteiger partial charge in [-0.3, -0.25) is 0 Å². The van der Waals surface area contributed by atoms with Crippen molar-refractivity contribution < 1.29 is 9.90 Å². The number of aryl methyl sites for hydroxylation is 1. The van der Waals surface area contributed by atoms with E-state index in [-0.39, 0.29) is 5.56 Å². The third kappa shape index (κ3) is 3.97. The van der Waals surface area contributed by atoms with Crippen molar-refractivity contribution in [3.05, 3.63) is 72.1 Å². The van der Waals surface area contributed by atoms with Gasteiger partial charge in [-0.2, -0.15) is 0 Å². The lowest BCUT2D eigenvalue weighted by molar-refractivity contribution is 0.0697. The van der Waals surface area contributed by atoms with Crippen LogP contribution in [0.15, 0.2) is 60.7 Å². The Morgan fingerprint density at radius 1 is 1.08 bits per heavy atom. The van der Waals surface area contributed by atoms with Crippen molar-refractivity contribution in [3.8, 4) is 0 Å². The summed E-state index contributed by atoms with van der Waals surface area (Å²) in [6, 6.07) is 18.5. The van der Waals surface area contributed by atoms with E-state index in [1.165, 1.54) is 0 Å². The molecule has 0 atom stereocenters. The molecule has 2 N–H and O–H groups in total. The Bertz CT molecular complexity index is 895. The molecule has 0 unspecified atom stereocenters. The normalized spacial score (nSPS) is 10.4. The van der Waals surface area contributed by atoms with Gasteiger partial charge in [0.2, 0.25) is 0 Å². The summed E-state index contributed by atoms with van der Waals surface area (Å²) < 4.78 is 0. The third-order valence-electron chi connectivity index (χ3n) is 3.89. The Hall–Kier alpha value is -3.41. The molecular weight excluding hydrogens is 328 g/mol. The lowest BCUT2D eigenvalue weighted by Gasteiger charge is -2.23. The van der Waals surface area contributed by atoms with E-state index in [0.29, 0.717) is 11.6 Å². The van der Waals surface area contributed by atoms with E-state index in [4.69, 9.17) is 5.11 Å². The zero-order valence-electron chi connectivity index (χ0n) is 14.7. The van der Waals surface area contributed by atoms with Crippen molar-refractivity contribution in [1.82, 2.24) is 9.97 Å². The molecule has 0 amide bonds. The fourth-order valence-corrected chi connectivity index (χ4v) is 2.68. The molecule has 132 valence electrons. The van der Waals surface area contributed by atoms with Crippen LogP contribution in [0.4, 0.5) is 23.0 Å². The van der Waals surface area contributed by atoms with Crippen molar-refractivity contribution >= 4 is 29.0 Å². The average Bonchev–Trinajstić information content (AvgIpc) is 2.63.